The molecule has 0 saturated heterocycles. The van der Waals surface area contributed by atoms with Crippen molar-refractivity contribution in [2.24, 2.45) is 0 Å². The second-order valence-electron chi connectivity index (χ2n) is 3.08. The van der Waals surface area contributed by atoms with E-state index in [0.29, 0.717) is 0 Å². The first-order valence-corrected chi connectivity index (χ1v) is 4.57. The molecule has 0 aliphatic rings. The maximum atomic E-state index is 5.57. The maximum absolute atomic E-state index is 5.57. The van der Waals surface area contributed by atoms with Crippen molar-refractivity contribution in [3.05, 3.63) is 24.5 Å². The van der Waals surface area contributed by atoms with E-state index in [1.165, 1.54) is 19.3 Å². The van der Waals surface area contributed by atoms with Gasteiger partial charge in [0.2, 0.25) is 0 Å². The van der Waals surface area contributed by atoms with Gasteiger partial charge in [-0.2, -0.15) is 0 Å². The fourth-order valence-corrected chi connectivity index (χ4v) is 1.16. The van der Waals surface area contributed by atoms with Crippen LogP contribution in [0.1, 0.15) is 26.2 Å². The van der Waals surface area contributed by atoms with Crippen LogP contribution in [0.4, 0.5) is 5.69 Å². The lowest BCUT2D eigenvalue weighted by Gasteiger charge is -1.95. The lowest BCUT2D eigenvalue weighted by Crippen LogP contribution is -2.32. The van der Waals surface area contributed by atoms with E-state index in [-0.39, 0.29) is 0 Å². The zero-order valence-electron chi connectivity index (χ0n) is 7.66. The maximum Gasteiger partial charge on any atom is 0.170 e. The average Bonchev–Trinajstić information content (AvgIpc) is 2.09. The molecular weight excluding hydrogens is 148 g/mol. The summed E-state index contributed by atoms with van der Waals surface area (Å²) in [6.07, 6.45) is 7.90. The van der Waals surface area contributed by atoms with Crippen LogP contribution < -0.4 is 10.3 Å². The molecule has 2 nitrogen and oxygen atoms in total. The Kier molecular flexibility index (Phi) is 3.58. The Labute approximate surface area is 74.0 Å². The van der Waals surface area contributed by atoms with Crippen LogP contribution in [0.3, 0.4) is 0 Å². The zero-order chi connectivity index (χ0) is 8.81. The minimum atomic E-state index is 0.835. The largest absolute Gasteiger partial charge is 0.398 e. The van der Waals surface area contributed by atoms with Crippen molar-refractivity contribution in [2.45, 2.75) is 32.7 Å². The summed E-state index contributed by atoms with van der Waals surface area (Å²) in [7, 11) is 0. The number of aromatic nitrogens is 1. The quantitative estimate of drug-likeness (QED) is 0.534. The highest BCUT2D eigenvalue weighted by molar-refractivity contribution is 5.32. The van der Waals surface area contributed by atoms with Gasteiger partial charge in [-0.3, -0.25) is 0 Å². The number of nitrogens with two attached hydrogens (primary N) is 1. The summed E-state index contributed by atoms with van der Waals surface area (Å²) in [5.74, 6) is 0. The predicted octanol–water partition coefficient (Wildman–Crippen LogP) is 1.75. The van der Waals surface area contributed by atoms with Gasteiger partial charge in [0.25, 0.3) is 0 Å². The minimum Gasteiger partial charge on any atom is -0.398 e. The first-order valence-electron chi connectivity index (χ1n) is 4.57. The summed E-state index contributed by atoms with van der Waals surface area (Å²) in [6.45, 7) is 3.32. The Morgan fingerprint density at radius 3 is 2.50 bits per heavy atom. The third-order valence-electron chi connectivity index (χ3n) is 1.94. The number of nitrogens with zero attached hydrogens (tertiary/aromatic N) is 1. The number of rotatable bonds is 4. The van der Waals surface area contributed by atoms with E-state index < -0.39 is 0 Å². The smallest absolute Gasteiger partial charge is 0.170 e. The van der Waals surface area contributed by atoms with Gasteiger partial charge in [-0.1, -0.05) is 13.3 Å². The van der Waals surface area contributed by atoms with Gasteiger partial charge >= 0.3 is 0 Å². The molecule has 0 spiro atoms. The first kappa shape index (κ1) is 9.04. The van der Waals surface area contributed by atoms with Crippen LogP contribution in [-0.4, -0.2) is 0 Å². The molecule has 1 aromatic rings. The van der Waals surface area contributed by atoms with Crippen LogP contribution in [0.25, 0.3) is 0 Å². The lowest BCUT2D eigenvalue weighted by molar-refractivity contribution is -0.697. The third-order valence-corrected chi connectivity index (χ3v) is 1.94. The van der Waals surface area contributed by atoms with Crippen LogP contribution in [0, 0.1) is 0 Å². The number of hydrogen-bond donors (Lipinski definition) is 1. The van der Waals surface area contributed by atoms with Gasteiger partial charge in [-0.15, -0.1) is 0 Å². The van der Waals surface area contributed by atoms with Gasteiger partial charge in [0, 0.05) is 24.2 Å². The van der Waals surface area contributed by atoms with E-state index in [4.69, 9.17) is 5.73 Å². The highest BCUT2D eigenvalue weighted by Gasteiger charge is 1.97. The molecule has 0 bridgehead atoms. The molecule has 1 rings (SSSR count). The molecule has 0 radical (unpaired) electrons. The minimum absolute atomic E-state index is 0.835. The van der Waals surface area contributed by atoms with Crippen LogP contribution in [0.2, 0.25) is 0 Å². The molecule has 1 heterocycles. The molecule has 2 heteroatoms. The van der Waals surface area contributed by atoms with Gasteiger partial charge < -0.3 is 5.73 Å². The van der Waals surface area contributed by atoms with Crippen molar-refractivity contribution in [1.29, 1.82) is 0 Å². The number of anilines is 1. The molecule has 66 valence electrons. The molecule has 0 fully saturated rings. The number of hydrogen-bond acceptors (Lipinski definition) is 1. The summed E-state index contributed by atoms with van der Waals surface area (Å²) >= 11 is 0. The summed E-state index contributed by atoms with van der Waals surface area (Å²) in [5.41, 5.74) is 6.40. The number of pyridine rings is 1. The van der Waals surface area contributed by atoms with E-state index in [1.807, 2.05) is 24.5 Å². The summed E-state index contributed by atoms with van der Waals surface area (Å²) < 4.78 is 2.17. The molecule has 0 unspecified atom stereocenters. The highest BCUT2D eigenvalue weighted by atomic mass is 14.9. The Morgan fingerprint density at radius 1 is 1.25 bits per heavy atom. The van der Waals surface area contributed by atoms with Crippen molar-refractivity contribution in [3.63, 3.8) is 0 Å². The summed E-state index contributed by atoms with van der Waals surface area (Å²) in [6, 6.07) is 3.87. The zero-order valence-corrected chi connectivity index (χ0v) is 7.66. The standard InChI is InChI=1S/C10H16N2/c1-2-3-4-7-12-8-5-10(11)6-9-12/h5-6,8-9,11H,2-4,7H2,1H3/p+1. The number of unbranched alkanes of at least 4 members (excludes halogenated alkanes) is 2. The monoisotopic (exact) mass is 165 g/mol. The van der Waals surface area contributed by atoms with Crippen molar-refractivity contribution < 1.29 is 4.57 Å². The molecule has 0 saturated carbocycles. The van der Waals surface area contributed by atoms with E-state index in [1.54, 1.807) is 0 Å². The predicted molar refractivity (Wildman–Crippen MR) is 50.6 cm³/mol. The van der Waals surface area contributed by atoms with Gasteiger partial charge in [0.15, 0.2) is 12.4 Å². The van der Waals surface area contributed by atoms with Gasteiger partial charge in [0.05, 0.1) is 0 Å². The number of aryl methyl sites for hydroxylation is 1. The van der Waals surface area contributed by atoms with E-state index in [9.17, 15) is 0 Å². The normalized spacial score (nSPS) is 10.1. The van der Waals surface area contributed by atoms with Crippen LogP contribution in [-0.2, 0) is 6.54 Å². The second-order valence-corrected chi connectivity index (χ2v) is 3.08. The summed E-state index contributed by atoms with van der Waals surface area (Å²) in [5, 5.41) is 0. The second kappa shape index (κ2) is 4.75. The molecular formula is C10H17N2+. The Balaban J connectivity index is 2.37. The SMILES string of the molecule is CCCCC[n+]1ccc(N)cc1. The third kappa shape index (κ3) is 2.91. The Morgan fingerprint density at radius 2 is 1.92 bits per heavy atom. The van der Waals surface area contributed by atoms with Crippen molar-refractivity contribution in [2.75, 3.05) is 5.73 Å². The average molecular weight is 165 g/mol. The van der Waals surface area contributed by atoms with Gasteiger partial charge in [-0.25, -0.2) is 4.57 Å². The molecule has 12 heavy (non-hydrogen) atoms. The fraction of sp³-hybridized carbons (Fsp3) is 0.500. The number of nitrogen functional groups attached to an aromatic ring is 1. The molecule has 0 aromatic carbocycles. The van der Waals surface area contributed by atoms with Crippen molar-refractivity contribution in [3.8, 4) is 0 Å². The van der Waals surface area contributed by atoms with E-state index in [0.717, 1.165) is 12.2 Å². The lowest BCUT2D eigenvalue weighted by atomic mass is 10.2. The Bertz CT molecular complexity index is 216. The first-order chi connectivity index (χ1) is 5.83. The van der Waals surface area contributed by atoms with Gasteiger partial charge in [-0.05, 0) is 6.42 Å². The van der Waals surface area contributed by atoms with E-state index in [2.05, 4.69) is 11.5 Å². The van der Waals surface area contributed by atoms with Crippen LogP contribution >= 0.6 is 0 Å². The van der Waals surface area contributed by atoms with Gasteiger partial charge in [0.1, 0.15) is 6.54 Å². The molecule has 0 atom stereocenters. The molecule has 0 aliphatic heterocycles. The molecule has 0 amide bonds. The Hall–Kier alpha value is -1.05. The van der Waals surface area contributed by atoms with Crippen molar-refractivity contribution in [1.82, 2.24) is 0 Å². The van der Waals surface area contributed by atoms with Crippen LogP contribution in [0.15, 0.2) is 24.5 Å². The highest BCUT2D eigenvalue weighted by Crippen LogP contribution is 1.96. The van der Waals surface area contributed by atoms with Crippen molar-refractivity contribution >= 4 is 5.69 Å². The van der Waals surface area contributed by atoms with E-state index >= 15 is 0 Å². The van der Waals surface area contributed by atoms with Crippen LogP contribution in [0.5, 0.6) is 0 Å². The topological polar surface area (TPSA) is 29.9 Å². The fourth-order valence-electron chi connectivity index (χ4n) is 1.16. The molecule has 1 aromatic heterocycles. The summed E-state index contributed by atoms with van der Waals surface area (Å²) in [4.78, 5) is 0. The molecule has 2 N–H and O–H groups in total. The molecule has 0 aliphatic carbocycles.